The van der Waals surface area contributed by atoms with E-state index < -0.39 is 0 Å². The zero-order chi connectivity index (χ0) is 14.5. The van der Waals surface area contributed by atoms with Crippen molar-refractivity contribution >= 4 is 11.6 Å². The number of aromatic nitrogens is 1. The molecule has 4 heteroatoms. The Bertz CT molecular complexity index is 576. The fraction of sp³-hybridized carbons (Fsp3) is 0.250. The number of hydrogen-bond acceptors (Lipinski definition) is 3. The van der Waals surface area contributed by atoms with Crippen molar-refractivity contribution in [2.75, 3.05) is 12.3 Å². The molecule has 2 rings (SSSR count). The summed E-state index contributed by atoms with van der Waals surface area (Å²) in [7, 11) is 0. The van der Waals surface area contributed by atoms with Crippen LogP contribution in [0.2, 0.25) is 0 Å². The van der Waals surface area contributed by atoms with Crippen LogP contribution in [0.5, 0.6) is 0 Å². The lowest BCUT2D eigenvalue weighted by Crippen LogP contribution is -2.31. The summed E-state index contributed by atoms with van der Waals surface area (Å²) >= 11 is 0. The quantitative estimate of drug-likeness (QED) is 0.868. The lowest BCUT2D eigenvalue weighted by molar-refractivity contribution is 0.0751. The summed E-state index contributed by atoms with van der Waals surface area (Å²) in [5, 5.41) is 0. The minimum atomic E-state index is -0.0475. The van der Waals surface area contributed by atoms with Gasteiger partial charge in [0.25, 0.3) is 5.91 Å². The fourth-order valence-corrected chi connectivity index (χ4v) is 2.16. The first-order valence-corrected chi connectivity index (χ1v) is 6.67. The van der Waals surface area contributed by atoms with E-state index in [1.807, 2.05) is 44.2 Å². The van der Waals surface area contributed by atoms with Crippen molar-refractivity contribution in [2.24, 2.45) is 0 Å². The highest BCUT2D eigenvalue weighted by Gasteiger charge is 2.19. The van der Waals surface area contributed by atoms with Gasteiger partial charge < -0.3 is 10.6 Å². The third kappa shape index (κ3) is 2.96. The minimum Gasteiger partial charge on any atom is -0.398 e. The molecule has 0 spiro atoms. The number of nitrogen functional groups attached to an aromatic ring is 1. The van der Waals surface area contributed by atoms with E-state index in [0.717, 1.165) is 11.3 Å². The molecule has 0 fully saturated rings. The predicted molar refractivity (Wildman–Crippen MR) is 80.2 cm³/mol. The predicted octanol–water partition coefficient (Wildman–Crippen LogP) is 2.63. The zero-order valence-corrected chi connectivity index (χ0v) is 11.8. The largest absolute Gasteiger partial charge is 0.398 e. The van der Waals surface area contributed by atoms with Crippen molar-refractivity contribution in [3.63, 3.8) is 0 Å². The molecule has 2 N–H and O–H groups in total. The second kappa shape index (κ2) is 6.19. The Hall–Kier alpha value is -2.36. The summed E-state index contributed by atoms with van der Waals surface area (Å²) in [6, 6.07) is 11.2. The van der Waals surface area contributed by atoms with E-state index in [-0.39, 0.29) is 5.91 Å². The van der Waals surface area contributed by atoms with Gasteiger partial charge in [-0.1, -0.05) is 18.2 Å². The summed E-state index contributed by atoms with van der Waals surface area (Å²) in [6.45, 7) is 4.96. The van der Waals surface area contributed by atoms with Crippen molar-refractivity contribution in [2.45, 2.75) is 20.4 Å². The Morgan fingerprint density at radius 2 is 2.05 bits per heavy atom. The monoisotopic (exact) mass is 269 g/mol. The number of hydrogen-bond donors (Lipinski definition) is 1. The van der Waals surface area contributed by atoms with E-state index in [0.29, 0.717) is 24.3 Å². The highest BCUT2D eigenvalue weighted by molar-refractivity contribution is 6.00. The molecule has 1 aromatic heterocycles. The first-order valence-electron chi connectivity index (χ1n) is 6.67. The van der Waals surface area contributed by atoms with Gasteiger partial charge in [0.2, 0.25) is 0 Å². The van der Waals surface area contributed by atoms with E-state index in [4.69, 9.17) is 5.73 Å². The standard InChI is InChI=1S/C16H19N3O/c1-3-19(11-13-8-4-5-10-18-13)16(20)15-12(2)7-6-9-14(15)17/h4-10H,3,11,17H2,1-2H3. The van der Waals surface area contributed by atoms with Gasteiger partial charge in [-0.2, -0.15) is 0 Å². The van der Waals surface area contributed by atoms with Crippen LogP contribution in [0.4, 0.5) is 5.69 Å². The van der Waals surface area contributed by atoms with Gasteiger partial charge in [-0.3, -0.25) is 9.78 Å². The maximum absolute atomic E-state index is 12.6. The van der Waals surface area contributed by atoms with E-state index in [1.165, 1.54) is 0 Å². The molecule has 0 radical (unpaired) electrons. The van der Waals surface area contributed by atoms with Gasteiger partial charge in [0.05, 0.1) is 17.8 Å². The Morgan fingerprint density at radius 1 is 1.25 bits per heavy atom. The first-order chi connectivity index (χ1) is 9.63. The lowest BCUT2D eigenvalue weighted by Gasteiger charge is -2.22. The third-order valence-electron chi connectivity index (χ3n) is 3.27. The van der Waals surface area contributed by atoms with E-state index in [2.05, 4.69) is 4.98 Å². The average molecular weight is 269 g/mol. The number of aryl methyl sites for hydroxylation is 1. The van der Waals surface area contributed by atoms with E-state index in [9.17, 15) is 4.79 Å². The summed E-state index contributed by atoms with van der Waals surface area (Å²) in [4.78, 5) is 18.7. The van der Waals surface area contributed by atoms with Crippen molar-refractivity contribution in [3.8, 4) is 0 Å². The molecule has 104 valence electrons. The highest BCUT2D eigenvalue weighted by atomic mass is 16.2. The van der Waals surface area contributed by atoms with Crippen LogP contribution in [0.25, 0.3) is 0 Å². The lowest BCUT2D eigenvalue weighted by atomic mass is 10.1. The number of anilines is 1. The van der Waals surface area contributed by atoms with Crippen LogP contribution in [0.15, 0.2) is 42.6 Å². The summed E-state index contributed by atoms with van der Waals surface area (Å²) in [5.41, 5.74) is 8.82. The van der Waals surface area contributed by atoms with Gasteiger partial charge >= 0.3 is 0 Å². The molecule has 1 amide bonds. The molecule has 0 saturated heterocycles. The van der Waals surface area contributed by atoms with Gasteiger partial charge in [0, 0.05) is 18.4 Å². The molecule has 0 aliphatic heterocycles. The summed E-state index contributed by atoms with van der Waals surface area (Å²) in [6.07, 6.45) is 1.73. The number of nitrogens with zero attached hydrogens (tertiary/aromatic N) is 2. The average Bonchev–Trinajstić information content (AvgIpc) is 2.45. The van der Waals surface area contributed by atoms with Crippen LogP contribution < -0.4 is 5.73 Å². The topological polar surface area (TPSA) is 59.2 Å². The molecule has 4 nitrogen and oxygen atoms in total. The van der Waals surface area contributed by atoms with E-state index in [1.54, 1.807) is 17.2 Å². The van der Waals surface area contributed by atoms with Crippen molar-refractivity contribution in [1.29, 1.82) is 0 Å². The second-order valence-corrected chi connectivity index (χ2v) is 4.68. The maximum atomic E-state index is 12.6. The summed E-state index contributed by atoms with van der Waals surface area (Å²) in [5.74, 6) is -0.0475. The highest BCUT2D eigenvalue weighted by Crippen LogP contribution is 2.19. The molecule has 2 aromatic rings. The van der Waals surface area contributed by atoms with Crippen LogP contribution in [-0.4, -0.2) is 22.3 Å². The third-order valence-corrected chi connectivity index (χ3v) is 3.27. The molecule has 0 saturated carbocycles. The molecule has 0 atom stereocenters. The number of rotatable bonds is 4. The first kappa shape index (κ1) is 14.1. The Balaban J connectivity index is 2.26. The minimum absolute atomic E-state index is 0.0475. The van der Waals surface area contributed by atoms with Gasteiger partial charge in [-0.05, 0) is 37.6 Å². The molecular formula is C16H19N3O. The zero-order valence-electron chi connectivity index (χ0n) is 11.8. The van der Waals surface area contributed by atoms with Crippen molar-refractivity contribution in [3.05, 3.63) is 59.4 Å². The maximum Gasteiger partial charge on any atom is 0.256 e. The van der Waals surface area contributed by atoms with E-state index >= 15 is 0 Å². The summed E-state index contributed by atoms with van der Waals surface area (Å²) < 4.78 is 0. The molecule has 0 aliphatic rings. The van der Waals surface area contributed by atoms with Crippen LogP contribution in [0.3, 0.4) is 0 Å². The Labute approximate surface area is 119 Å². The molecule has 20 heavy (non-hydrogen) atoms. The van der Waals surface area contributed by atoms with Gasteiger partial charge in [-0.25, -0.2) is 0 Å². The number of carbonyl (C=O) groups excluding carboxylic acids is 1. The number of amides is 1. The van der Waals surface area contributed by atoms with Crippen LogP contribution in [0.1, 0.15) is 28.5 Å². The Kier molecular flexibility index (Phi) is 4.35. The normalized spacial score (nSPS) is 10.3. The molecule has 0 aliphatic carbocycles. The Morgan fingerprint density at radius 3 is 2.65 bits per heavy atom. The number of pyridine rings is 1. The molecule has 0 unspecified atom stereocenters. The molecule has 1 aromatic carbocycles. The van der Waals surface area contributed by atoms with Gasteiger partial charge in [-0.15, -0.1) is 0 Å². The van der Waals surface area contributed by atoms with Gasteiger partial charge in [0.15, 0.2) is 0 Å². The number of benzene rings is 1. The van der Waals surface area contributed by atoms with Crippen molar-refractivity contribution < 1.29 is 4.79 Å². The number of carbonyl (C=O) groups is 1. The second-order valence-electron chi connectivity index (χ2n) is 4.68. The smallest absolute Gasteiger partial charge is 0.256 e. The fourth-order valence-electron chi connectivity index (χ4n) is 2.16. The van der Waals surface area contributed by atoms with Crippen molar-refractivity contribution in [1.82, 2.24) is 9.88 Å². The van der Waals surface area contributed by atoms with Crippen LogP contribution in [0, 0.1) is 6.92 Å². The number of nitrogens with two attached hydrogens (primary N) is 1. The molecule has 1 heterocycles. The van der Waals surface area contributed by atoms with Crippen LogP contribution >= 0.6 is 0 Å². The van der Waals surface area contributed by atoms with Gasteiger partial charge in [0.1, 0.15) is 0 Å². The van der Waals surface area contributed by atoms with Crippen LogP contribution in [-0.2, 0) is 6.54 Å². The molecular weight excluding hydrogens is 250 g/mol. The molecule has 0 bridgehead atoms. The SMILES string of the molecule is CCN(Cc1ccccn1)C(=O)c1c(C)cccc1N.